The number of sulfone groups is 1. The fraction of sp³-hybridized carbons (Fsp3) is 0.875. The van der Waals surface area contributed by atoms with Crippen molar-refractivity contribution in [1.82, 2.24) is 4.90 Å². The summed E-state index contributed by atoms with van der Waals surface area (Å²) in [6.45, 7) is 0.746. The maximum atomic E-state index is 11.4. The van der Waals surface area contributed by atoms with Crippen LogP contribution in [0, 0.1) is 0 Å². The van der Waals surface area contributed by atoms with E-state index in [1.807, 2.05) is 0 Å². The Morgan fingerprint density at radius 3 is 2.69 bits per heavy atom. The molecule has 0 spiro atoms. The quantitative estimate of drug-likeness (QED) is 0.554. The minimum atomic E-state index is -3.18. The predicted molar refractivity (Wildman–Crippen MR) is 48.0 cm³/mol. The summed E-state index contributed by atoms with van der Waals surface area (Å²) in [6, 6.07) is -0.0174. The van der Waals surface area contributed by atoms with E-state index in [-0.39, 0.29) is 11.9 Å². The summed E-state index contributed by atoms with van der Waals surface area (Å²) in [5.41, 5.74) is 0. The Bertz CT molecular complexity index is 335. The van der Waals surface area contributed by atoms with E-state index < -0.39 is 15.1 Å². The van der Waals surface area contributed by atoms with E-state index in [4.69, 9.17) is 0 Å². The van der Waals surface area contributed by atoms with Gasteiger partial charge < -0.3 is 4.90 Å². The summed E-state index contributed by atoms with van der Waals surface area (Å²) < 4.78 is 22.5. The number of carbonyl (C=O) groups is 1. The lowest BCUT2D eigenvalue weighted by Crippen LogP contribution is -2.68. The second-order valence-electron chi connectivity index (χ2n) is 3.84. The molecule has 0 bridgehead atoms. The van der Waals surface area contributed by atoms with Crippen LogP contribution in [0.2, 0.25) is 0 Å². The lowest BCUT2D eigenvalue weighted by Gasteiger charge is -2.48. The molecule has 2 fully saturated rings. The highest BCUT2D eigenvalue weighted by Gasteiger charge is 2.53. The van der Waals surface area contributed by atoms with Crippen LogP contribution < -0.4 is 0 Å². The molecule has 13 heavy (non-hydrogen) atoms. The summed E-state index contributed by atoms with van der Waals surface area (Å²) in [5.74, 6) is -0.188. The molecular formula is C8H13NO3S. The highest BCUT2D eigenvalue weighted by Crippen LogP contribution is 2.33. The van der Waals surface area contributed by atoms with Gasteiger partial charge in [-0.1, -0.05) is 0 Å². The van der Waals surface area contributed by atoms with Crippen molar-refractivity contribution in [3.05, 3.63) is 0 Å². The Hall–Kier alpha value is -0.580. The fourth-order valence-corrected chi connectivity index (χ4v) is 3.62. The smallest absolute Gasteiger partial charge is 0.243 e. The number of hydrogen-bond donors (Lipinski definition) is 0. The van der Waals surface area contributed by atoms with Gasteiger partial charge in [-0.2, -0.15) is 0 Å². The summed E-state index contributed by atoms with van der Waals surface area (Å²) in [7, 11) is -3.18. The molecule has 2 atom stereocenters. The Labute approximate surface area is 77.8 Å². The third kappa shape index (κ3) is 1.25. The van der Waals surface area contributed by atoms with Crippen LogP contribution in [-0.2, 0) is 14.6 Å². The minimum Gasteiger partial charge on any atom is -0.337 e. The van der Waals surface area contributed by atoms with Gasteiger partial charge in [0.25, 0.3) is 0 Å². The molecule has 0 radical (unpaired) electrons. The largest absolute Gasteiger partial charge is 0.337 e. The first-order chi connectivity index (χ1) is 6.02. The molecule has 0 N–H and O–H groups in total. The van der Waals surface area contributed by atoms with Crippen LogP contribution >= 0.6 is 0 Å². The topological polar surface area (TPSA) is 54.5 Å². The van der Waals surface area contributed by atoms with Crippen molar-refractivity contribution in [2.24, 2.45) is 0 Å². The molecule has 2 rings (SSSR count). The number of amides is 1. The van der Waals surface area contributed by atoms with Gasteiger partial charge in [0.15, 0.2) is 15.1 Å². The molecule has 74 valence electrons. The molecule has 2 aliphatic rings. The van der Waals surface area contributed by atoms with Gasteiger partial charge >= 0.3 is 0 Å². The fourth-order valence-electron chi connectivity index (χ4n) is 2.26. The second kappa shape index (κ2) is 2.70. The van der Waals surface area contributed by atoms with E-state index in [2.05, 4.69) is 0 Å². The number of rotatable bonds is 1. The maximum absolute atomic E-state index is 11.4. The number of nitrogens with zero attached hydrogens (tertiary/aromatic N) is 1. The molecule has 0 aromatic carbocycles. The van der Waals surface area contributed by atoms with Crippen molar-refractivity contribution in [2.45, 2.75) is 30.6 Å². The van der Waals surface area contributed by atoms with Crippen molar-refractivity contribution in [3.8, 4) is 0 Å². The normalized spacial score (nSPS) is 33.9. The Balaban J connectivity index is 2.21. The van der Waals surface area contributed by atoms with Crippen LogP contribution in [0.25, 0.3) is 0 Å². The SMILES string of the molecule is CS(=O)(=O)C1C(=O)N2CCCCC12. The average molecular weight is 203 g/mol. The van der Waals surface area contributed by atoms with E-state index in [9.17, 15) is 13.2 Å². The Morgan fingerprint density at radius 1 is 1.38 bits per heavy atom. The first-order valence-corrected chi connectivity index (χ1v) is 6.46. The van der Waals surface area contributed by atoms with E-state index in [0.717, 1.165) is 32.1 Å². The summed E-state index contributed by atoms with van der Waals surface area (Å²) >= 11 is 0. The highest BCUT2D eigenvalue weighted by atomic mass is 32.2. The van der Waals surface area contributed by atoms with E-state index in [1.54, 1.807) is 4.90 Å². The monoisotopic (exact) mass is 203 g/mol. The molecule has 2 unspecified atom stereocenters. The van der Waals surface area contributed by atoms with Gasteiger partial charge in [-0.05, 0) is 19.3 Å². The number of hydrogen-bond acceptors (Lipinski definition) is 3. The summed E-state index contributed by atoms with van der Waals surface area (Å²) in [5, 5.41) is -0.729. The van der Waals surface area contributed by atoms with Crippen LogP contribution in [0.15, 0.2) is 0 Å². The minimum absolute atomic E-state index is 0.0174. The molecule has 0 saturated carbocycles. The molecule has 0 aromatic heterocycles. The second-order valence-corrected chi connectivity index (χ2v) is 6.01. The van der Waals surface area contributed by atoms with Gasteiger partial charge in [0.2, 0.25) is 5.91 Å². The predicted octanol–water partition coefficient (Wildman–Crippen LogP) is -0.206. The van der Waals surface area contributed by atoms with Gasteiger partial charge in [-0.25, -0.2) is 8.42 Å². The zero-order valence-corrected chi connectivity index (χ0v) is 8.38. The first-order valence-electron chi connectivity index (χ1n) is 4.51. The number of β-lactam (4-membered cyclic amide) rings is 1. The molecule has 1 amide bonds. The molecule has 0 aromatic rings. The molecule has 5 heteroatoms. The highest BCUT2D eigenvalue weighted by molar-refractivity contribution is 7.92. The Morgan fingerprint density at radius 2 is 2.08 bits per heavy atom. The average Bonchev–Trinajstić information content (AvgIpc) is 2.00. The van der Waals surface area contributed by atoms with Crippen molar-refractivity contribution in [1.29, 1.82) is 0 Å². The standard InChI is InChI=1S/C8H13NO3S/c1-13(11,12)7-6-4-2-3-5-9(6)8(7)10/h6-7H,2-5H2,1H3. The number of piperidine rings is 1. The molecule has 2 aliphatic heterocycles. The number of fused-ring (bicyclic) bond motifs is 1. The van der Waals surface area contributed by atoms with Gasteiger partial charge in [-0.15, -0.1) is 0 Å². The van der Waals surface area contributed by atoms with Gasteiger partial charge in [0.05, 0.1) is 6.04 Å². The van der Waals surface area contributed by atoms with Gasteiger partial charge in [-0.3, -0.25) is 4.79 Å². The Kier molecular flexibility index (Phi) is 1.87. The van der Waals surface area contributed by atoms with Crippen molar-refractivity contribution in [3.63, 3.8) is 0 Å². The van der Waals surface area contributed by atoms with Crippen molar-refractivity contribution in [2.75, 3.05) is 12.8 Å². The number of carbonyl (C=O) groups excluding carboxylic acids is 1. The third-order valence-corrected chi connectivity index (χ3v) is 4.32. The first kappa shape index (κ1) is 8.99. The van der Waals surface area contributed by atoms with Crippen LogP contribution in [0.5, 0.6) is 0 Å². The lowest BCUT2D eigenvalue weighted by molar-refractivity contribution is -0.147. The molecular weight excluding hydrogens is 190 g/mol. The van der Waals surface area contributed by atoms with Gasteiger partial charge in [0, 0.05) is 12.8 Å². The van der Waals surface area contributed by atoms with Gasteiger partial charge in [0.1, 0.15) is 0 Å². The summed E-state index contributed by atoms with van der Waals surface area (Å²) in [4.78, 5) is 13.1. The zero-order chi connectivity index (χ0) is 9.64. The van der Waals surface area contributed by atoms with Crippen molar-refractivity contribution < 1.29 is 13.2 Å². The van der Waals surface area contributed by atoms with Crippen molar-refractivity contribution >= 4 is 15.7 Å². The zero-order valence-electron chi connectivity index (χ0n) is 7.56. The molecule has 4 nitrogen and oxygen atoms in total. The van der Waals surface area contributed by atoms with Crippen LogP contribution in [0.1, 0.15) is 19.3 Å². The molecule has 0 aliphatic carbocycles. The van der Waals surface area contributed by atoms with E-state index in [1.165, 1.54) is 0 Å². The van der Waals surface area contributed by atoms with Crippen LogP contribution in [-0.4, -0.2) is 43.3 Å². The third-order valence-electron chi connectivity index (χ3n) is 2.89. The van der Waals surface area contributed by atoms with E-state index >= 15 is 0 Å². The molecule has 2 heterocycles. The van der Waals surface area contributed by atoms with E-state index in [0.29, 0.717) is 0 Å². The lowest BCUT2D eigenvalue weighted by atomic mass is 9.91. The van der Waals surface area contributed by atoms with Crippen LogP contribution in [0.4, 0.5) is 0 Å². The molecule has 2 saturated heterocycles. The maximum Gasteiger partial charge on any atom is 0.243 e. The summed E-state index contributed by atoms with van der Waals surface area (Å²) in [6.07, 6.45) is 4.06. The van der Waals surface area contributed by atoms with Crippen LogP contribution in [0.3, 0.4) is 0 Å².